The van der Waals surface area contributed by atoms with Crippen LogP contribution in [0.25, 0.3) is 16.5 Å². The quantitative estimate of drug-likeness (QED) is 0.247. The number of alkyl halides is 3. The average molecular weight is 512 g/mol. The lowest BCUT2D eigenvalue weighted by atomic mass is 10.1. The van der Waals surface area contributed by atoms with Gasteiger partial charge in [0.25, 0.3) is 5.91 Å². The zero-order valence-corrected chi connectivity index (χ0v) is 19.7. The summed E-state index contributed by atoms with van der Waals surface area (Å²) in [7, 11) is 0. The molecule has 0 spiro atoms. The van der Waals surface area contributed by atoms with Crippen molar-refractivity contribution in [2.45, 2.75) is 19.0 Å². The number of fused-ring (bicyclic) bond motifs is 1. The summed E-state index contributed by atoms with van der Waals surface area (Å²) in [5.41, 5.74) is -0.0225. The van der Waals surface area contributed by atoms with E-state index in [9.17, 15) is 18.0 Å². The number of rotatable bonds is 4. The van der Waals surface area contributed by atoms with Gasteiger partial charge in [-0.05, 0) is 72.1 Å². The van der Waals surface area contributed by atoms with E-state index in [0.717, 1.165) is 47.5 Å². The molecule has 6 nitrogen and oxygen atoms in total. The molecular formula is C26H21ClF3N5O. The number of likely N-dealkylation sites (tertiary alicyclic amines) is 1. The minimum Gasteiger partial charge on any atom is -0.357 e. The second-order valence-electron chi connectivity index (χ2n) is 8.57. The van der Waals surface area contributed by atoms with Crippen molar-refractivity contribution in [2.24, 2.45) is 0 Å². The lowest BCUT2D eigenvalue weighted by Crippen LogP contribution is -2.27. The highest BCUT2D eigenvalue weighted by molar-refractivity contribution is 6.31. The topological polar surface area (TPSA) is 74.0 Å². The third kappa shape index (κ3) is 4.79. The van der Waals surface area contributed by atoms with E-state index < -0.39 is 17.8 Å². The van der Waals surface area contributed by atoms with Gasteiger partial charge < -0.3 is 10.2 Å². The van der Waals surface area contributed by atoms with Crippen LogP contribution < -0.4 is 5.32 Å². The Labute approximate surface area is 209 Å². The lowest BCUT2D eigenvalue weighted by molar-refractivity contribution is -0.141. The van der Waals surface area contributed by atoms with Crippen LogP contribution in [0.5, 0.6) is 0 Å². The largest absolute Gasteiger partial charge is 0.435 e. The van der Waals surface area contributed by atoms with Gasteiger partial charge in [0, 0.05) is 35.4 Å². The summed E-state index contributed by atoms with van der Waals surface area (Å²) in [6.45, 7) is 1.68. The molecule has 1 aliphatic heterocycles. The molecule has 3 aromatic carbocycles. The van der Waals surface area contributed by atoms with Crippen molar-refractivity contribution in [1.82, 2.24) is 14.7 Å². The maximum atomic E-state index is 13.5. The fourth-order valence-electron chi connectivity index (χ4n) is 4.24. The monoisotopic (exact) mass is 511 g/mol. The summed E-state index contributed by atoms with van der Waals surface area (Å²) in [4.78, 5) is 15.1. The van der Waals surface area contributed by atoms with E-state index in [1.165, 1.54) is 0 Å². The zero-order chi connectivity index (χ0) is 25.4. The molecule has 0 saturated carbocycles. The highest BCUT2D eigenvalue weighted by Gasteiger charge is 2.36. The van der Waals surface area contributed by atoms with E-state index in [0.29, 0.717) is 27.8 Å². The van der Waals surface area contributed by atoms with Gasteiger partial charge in [-0.15, -0.1) is 0 Å². The van der Waals surface area contributed by atoms with Crippen molar-refractivity contribution in [3.63, 3.8) is 0 Å². The Morgan fingerprint density at radius 3 is 2.31 bits per heavy atom. The van der Waals surface area contributed by atoms with E-state index in [1.54, 1.807) is 60.7 Å². The number of halogens is 4. The van der Waals surface area contributed by atoms with Crippen LogP contribution >= 0.6 is 11.6 Å². The molecule has 0 radical (unpaired) electrons. The summed E-state index contributed by atoms with van der Waals surface area (Å²) in [5, 5.41) is 16.8. The van der Waals surface area contributed by atoms with Gasteiger partial charge in [-0.3, -0.25) is 10.2 Å². The predicted molar refractivity (Wildman–Crippen MR) is 133 cm³/mol. The van der Waals surface area contributed by atoms with Crippen molar-refractivity contribution in [2.75, 3.05) is 18.4 Å². The fraction of sp³-hybridized carbons (Fsp3) is 0.192. The first kappa shape index (κ1) is 23.9. The van der Waals surface area contributed by atoms with Crippen molar-refractivity contribution in [3.8, 4) is 5.69 Å². The molecule has 1 fully saturated rings. The zero-order valence-electron chi connectivity index (χ0n) is 18.9. The summed E-state index contributed by atoms with van der Waals surface area (Å²) in [5.74, 6) is -0.326. The first-order valence-corrected chi connectivity index (χ1v) is 11.7. The minimum atomic E-state index is -4.72. The SMILES string of the molecule is N=C(c1ccc(NC(=O)c2cc(C(F)(F)F)nn2-c2ccc3cc(Cl)ccc3c2)cc1)N1CCCC1. The number of carbonyl (C=O) groups excluding carboxylic acids is 1. The summed E-state index contributed by atoms with van der Waals surface area (Å²) in [6, 6.07) is 17.5. The normalized spacial score (nSPS) is 13.8. The number of hydrogen-bond donors (Lipinski definition) is 2. The standard InChI is InChI=1S/C26H21ClF3N5O/c27-19-7-3-18-14-21(10-6-17(18)13-19)35-22(15-23(33-35)26(28,29)30)25(36)32-20-8-4-16(5-9-20)24(31)34-11-1-2-12-34/h3-10,13-15,31H,1-2,11-12H2,(H,32,36). The van der Waals surface area contributed by atoms with Gasteiger partial charge in [0.1, 0.15) is 11.5 Å². The number of benzene rings is 3. The van der Waals surface area contributed by atoms with Gasteiger partial charge in [0.05, 0.1) is 5.69 Å². The Morgan fingerprint density at radius 2 is 1.61 bits per heavy atom. The van der Waals surface area contributed by atoms with Crippen molar-refractivity contribution in [3.05, 3.63) is 88.7 Å². The number of aromatic nitrogens is 2. The summed E-state index contributed by atoms with van der Waals surface area (Å²) >= 11 is 6.02. The van der Waals surface area contributed by atoms with E-state index >= 15 is 0 Å². The number of carbonyl (C=O) groups is 1. The first-order chi connectivity index (χ1) is 17.2. The van der Waals surface area contributed by atoms with Crippen LogP contribution in [0.4, 0.5) is 18.9 Å². The highest BCUT2D eigenvalue weighted by Crippen LogP contribution is 2.31. The average Bonchev–Trinajstić information content (AvgIpc) is 3.54. The van der Waals surface area contributed by atoms with Crippen molar-refractivity contribution in [1.29, 1.82) is 5.41 Å². The molecule has 0 atom stereocenters. The summed E-state index contributed by atoms with van der Waals surface area (Å²) < 4.78 is 41.4. The number of nitrogens with one attached hydrogen (secondary N) is 2. The molecule has 0 bridgehead atoms. The summed E-state index contributed by atoms with van der Waals surface area (Å²) in [6.07, 6.45) is -2.62. The molecular weight excluding hydrogens is 491 g/mol. The molecule has 2 N–H and O–H groups in total. The molecule has 36 heavy (non-hydrogen) atoms. The Morgan fingerprint density at radius 1 is 0.944 bits per heavy atom. The first-order valence-electron chi connectivity index (χ1n) is 11.3. The van der Waals surface area contributed by atoms with Gasteiger partial charge >= 0.3 is 6.18 Å². The van der Waals surface area contributed by atoms with Gasteiger partial charge in [-0.2, -0.15) is 18.3 Å². The Bertz CT molecular complexity index is 1460. The van der Waals surface area contributed by atoms with Crippen LogP contribution in [0.15, 0.2) is 66.7 Å². The molecule has 10 heteroatoms. The molecule has 1 aliphatic rings. The van der Waals surface area contributed by atoms with Gasteiger partial charge in [0.15, 0.2) is 5.69 Å². The number of amides is 1. The number of nitrogens with zero attached hydrogens (tertiary/aromatic N) is 3. The fourth-order valence-corrected chi connectivity index (χ4v) is 4.42. The number of amidine groups is 1. The maximum Gasteiger partial charge on any atom is 0.435 e. The molecule has 2 heterocycles. The smallest absolute Gasteiger partial charge is 0.357 e. The second kappa shape index (κ2) is 9.31. The predicted octanol–water partition coefficient (Wildman–Crippen LogP) is 6.37. The van der Waals surface area contributed by atoms with Crippen LogP contribution in [0, 0.1) is 5.41 Å². The van der Waals surface area contributed by atoms with E-state index in [-0.39, 0.29) is 5.69 Å². The third-order valence-electron chi connectivity index (χ3n) is 6.10. The van der Waals surface area contributed by atoms with Crippen LogP contribution in [0.1, 0.15) is 34.6 Å². The Kier molecular flexibility index (Phi) is 6.17. The van der Waals surface area contributed by atoms with Gasteiger partial charge in [-0.1, -0.05) is 23.7 Å². The Hall–Kier alpha value is -3.85. The van der Waals surface area contributed by atoms with Crippen LogP contribution in [0.3, 0.4) is 0 Å². The van der Waals surface area contributed by atoms with Crippen LogP contribution in [-0.2, 0) is 6.18 Å². The molecule has 5 rings (SSSR count). The second-order valence-corrected chi connectivity index (χ2v) is 9.01. The minimum absolute atomic E-state index is 0.260. The number of anilines is 1. The lowest BCUT2D eigenvalue weighted by Gasteiger charge is -2.18. The van der Waals surface area contributed by atoms with E-state index in [2.05, 4.69) is 10.4 Å². The molecule has 1 saturated heterocycles. The third-order valence-corrected chi connectivity index (χ3v) is 6.34. The molecule has 4 aromatic rings. The molecule has 1 aromatic heterocycles. The van der Waals surface area contributed by atoms with E-state index in [1.807, 2.05) is 4.90 Å². The van der Waals surface area contributed by atoms with Gasteiger partial charge in [0.2, 0.25) is 0 Å². The molecule has 184 valence electrons. The van der Waals surface area contributed by atoms with Crippen molar-refractivity contribution < 1.29 is 18.0 Å². The number of hydrogen-bond acceptors (Lipinski definition) is 3. The van der Waals surface area contributed by atoms with E-state index in [4.69, 9.17) is 17.0 Å². The molecule has 0 unspecified atom stereocenters. The molecule has 1 amide bonds. The Balaban J connectivity index is 1.44. The maximum absolute atomic E-state index is 13.5. The highest BCUT2D eigenvalue weighted by atomic mass is 35.5. The molecule has 0 aliphatic carbocycles. The van der Waals surface area contributed by atoms with Crippen molar-refractivity contribution >= 4 is 39.8 Å². The van der Waals surface area contributed by atoms with Crippen LogP contribution in [0.2, 0.25) is 5.02 Å². The van der Waals surface area contributed by atoms with Crippen LogP contribution in [-0.4, -0.2) is 39.5 Å². The van der Waals surface area contributed by atoms with Gasteiger partial charge in [-0.25, -0.2) is 4.68 Å².